The minimum Gasteiger partial charge on any atom is -0.416 e. The van der Waals surface area contributed by atoms with Crippen molar-refractivity contribution in [3.05, 3.63) is 12.2 Å². The van der Waals surface area contributed by atoms with Crippen LogP contribution < -0.4 is 0 Å². The number of carbonyl (C=O) groups is 1. The fourth-order valence-electron chi connectivity index (χ4n) is 0.775. The van der Waals surface area contributed by atoms with Gasteiger partial charge in [0, 0.05) is 12.0 Å². The fourth-order valence-corrected chi connectivity index (χ4v) is 0.995. The first-order valence-electron chi connectivity index (χ1n) is 3.13. The quantitative estimate of drug-likeness (QED) is 0.303. The van der Waals surface area contributed by atoms with Gasteiger partial charge in [-0.25, -0.2) is 4.79 Å². The van der Waals surface area contributed by atoms with E-state index in [2.05, 4.69) is 6.58 Å². The molecule has 0 atom stereocenters. The lowest BCUT2D eigenvalue weighted by Crippen LogP contribution is -2.07. The van der Waals surface area contributed by atoms with E-state index < -0.39 is 0 Å². The number of ether oxygens (including phenoxy) is 1. The van der Waals surface area contributed by atoms with Gasteiger partial charge in [-0.1, -0.05) is 6.58 Å². The van der Waals surface area contributed by atoms with Gasteiger partial charge in [0.05, 0.1) is 0 Å². The van der Waals surface area contributed by atoms with Gasteiger partial charge < -0.3 is 4.74 Å². The third kappa shape index (κ3) is 1.64. The molecular formula is C7H8O2S. The summed E-state index contributed by atoms with van der Waals surface area (Å²) in [6.45, 7) is 3.56. The van der Waals surface area contributed by atoms with E-state index in [9.17, 15) is 4.79 Å². The minimum absolute atomic E-state index is 0.359. The number of hydrogen-bond acceptors (Lipinski definition) is 3. The van der Waals surface area contributed by atoms with Crippen molar-refractivity contribution in [2.45, 2.75) is 19.3 Å². The molecular weight excluding hydrogens is 148 g/mol. The van der Waals surface area contributed by atoms with Crippen molar-refractivity contribution in [3.8, 4) is 0 Å². The summed E-state index contributed by atoms with van der Waals surface area (Å²) in [6, 6.07) is 0. The molecule has 0 radical (unpaired) electrons. The molecule has 0 unspecified atom stereocenters. The van der Waals surface area contributed by atoms with E-state index in [-0.39, 0.29) is 5.97 Å². The first-order chi connectivity index (χ1) is 4.70. The Kier molecular flexibility index (Phi) is 2.17. The van der Waals surface area contributed by atoms with Gasteiger partial charge in [-0.3, -0.25) is 0 Å². The Balaban J connectivity index is 2.66. The fraction of sp³-hybridized carbons (Fsp3) is 0.429. The second kappa shape index (κ2) is 2.92. The van der Waals surface area contributed by atoms with Crippen molar-refractivity contribution in [3.63, 3.8) is 0 Å². The number of carbonyl (C=O) groups excluding carboxylic acids is 1. The summed E-state index contributed by atoms with van der Waals surface area (Å²) in [5.74, 6) is -0.359. The second-order valence-electron chi connectivity index (χ2n) is 2.22. The average Bonchev–Trinajstić information content (AvgIpc) is 1.96. The van der Waals surface area contributed by atoms with Crippen LogP contribution in [0.15, 0.2) is 12.2 Å². The van der Waals surface area contributed by atoms with Crippen LogP contribution in [0.25, 0.3) is 0 Å². The van der Waals surface area contributed by atoms with Crippen molar-refractivity contribution < 1.29 is 9.53 Å². The van der Waals surface area contributed by atoms with Gasteiger partial charge in [-0.05, 0) is 25.1 Å². The van der Waals surface area contributed by atoms with Crippen LogP contribution in [-0.4, -0.2) is 11.0 Å². The van der Waals surface area contributed by atoms with Crippen LogP contribution in [0.2, 0.25) is 0 Å². The summed E-state index contributed by atoms with van der Waals surface area (Å²) >= 11 is 4.74. The Morgan fingerprint density at radius 2 is 2.20 bits per heavy atom. The van der Waals surface area contributed by atoms with Crippen molar-refractivity contribution in [1.82, 2.24) is 0 Å². The molecule has 0 N–H and O–H groups in total. The van der Waals surface area contributed by atoms with Crippen molar-refractivity contribution in [2.75, 3.05) is 0 Å². The van der Waals surface area contributed by atoms with Crippen LogP contribution in [0.1, 0.15) is 19.3 Å². The lowest BCUT2D eigenvalue weighted by atomic mass is 10.1. The maximum Gasteiger partial charge on any atom is 0.339 e. The zero-order chi connectivity index (χ0) is 7.56. The third-order valence-electron chi connectivity index (χ3n) is 1.35. The van der Waals surface area contributed by atoms with E-state index in [1.165, 1.54) is 0 Å². The lowest BCUT2D eigenvalue weighted by molar-refractivity contribution is -0.131. The normalized spacial score (nSPS) is 20.2. The highest BCUT2D eigenvalue weighted by molar-refractivity contribution is 7.80. The first kappa shape index (κ1) is 7.41. The molecule has 2 nitrogen and oxygen atoms in total. The molecule has 0 aromatic heterocycles. The molecule has 0 amide bonds. The summed E-state index contributed by atoms with van der Waals surface area (Å²) in [5.41, 5.74) is 0.528. The van der Waals surface area contributed by atoms with Gasteiger partial charge in [-0.15, -0.1) is 0 Å². The standard InChI is InChI=1S/C7H8O2S/c1-5-3-2-4-6(10)9-7(5)8/h1-4H2. The molecule has 1 heterocycles. The number of hydrogen-bond donors (Lipinski definition) is 0. The Labute approximate surface area is 64.9 Å². The largest absolute Gasteiger partial charge is 0.416 e. The van der Waals surface area contributed by atoms with Crippen LogP contribution in [0.5, 0.6) is 0 Å². The molecule has 0 saturated carbocycles. The minimum atomic E-state index is -0.359. The van der Waals surface area contributed by atoms with Gasteiger partial charge in [0.1, 0.15) is 0 Å². The van der Waals surface area contributed by atoms with Crippen molar-refractivity contribution >= 4 is 23.2 Å². The Bertz CT molecular complexity index is 196. The topological polar surface area (TPSA) is 26.3 Å². The average molecular weight is 156 g/mol. The molecule has 0 spiro atoms. The van der Waals surface area contributed by atoms with Crippen LogP contribution in [0.4, 0.5) is 0 Å². The molecule has 54 valence electrons. The molecule has 1 rings (SSSR count). The third-order valence-corrected chi connectivity index (χ3v) is 1.64. The highest BCUT2D eigenvalue weighted by atomic mass is 32.1. The number of cyclic esters (lactones) is 1. The Morgan fingerprint density at radius 3 is 2.90 bits per heavy atom. The molecule has 3 heteroatoms. The summed E-state index contributed by atoms with van der Waals surface area (Å²) in [7, 11) is 0. The smallest absolute Gasteiger partial charge is 0.339 e. The second-order valence-corrected chi connectivity index (χ2v) is 2.67. The Hall–Kier alpha value is -0.700. The molecule has 10 heavy (non-hydrogen) atoms. The SMILES string of the molecule is C=C1CCCC(=S)OC1=O. The van der Waals surface area contributed by atoms with E-state index in [1.54, 1.807) is 0 Å². The van der Waals surface area contributed by atoms with E-state index in [0.717, 1.165) is 6.42 Å². The molecule has 0 aromatic carbocycles. The number of esters is 1. The van der Waals surface area contributed by atoms with Crippen LogP contribution in [-0.2, 0) is 9.53 Å². The monoisotopic (exact) mass is 156 g/mol. The van der Waals surface area contributed by atoms with E-state index in [1.807, 2.05) is 0 Å². The van der Waals surface area contributed by atoms with Crippen LogP contribution in [0, 0.1) is 0 Å². The molecule has 0 aliphatic carbocycles. The van der Waals surface area contributed by atoms with Gasteiger partial charge in [0.25, 0.3) is 0 Å². The molecule has 0 aromatic rings. The van der Waals surface area contributed by atoms with E-state index in [4.69, 9.17) is 17.0 Å². The lowest BCUT2D eigenvalue weighted by Gasteiger charge is -1.97. The van der Waals surface area contributed by atoms with Gasteiger partial charge in [0.2, 0.25) is 0 Å². The summed E-state index contributed by atoms with van der Waals surface area (Å²) < 4.78 is 4.72. The first-order valence-corrected chi connectivity index (χ1v) is 3.54. The van der Waals surface area contributed by atoms with Gasteiger partial charge in [0.15, 0.2) is 5.05 Å². The summed E-state index contributed by atoms with van der Waals surface area (Å²) in [4.78, 5) is 10.8. The van der Waals surface area contributed by atoms with Gasteiger partial charge >= 0.3 is 5.97 Å². The highest BCUT2D eigenvalue weighted by Crippen LogP contribution is 2.13. The summed E-state index contributed by atoms with van der Waals surface area (Å²) in [5, 5.41) is 0.392. The maximum atomic E-state index is 10.8. The molecule has 0 bridgehead atoms. The summed E-state index contributed by atoms with van der Waals surface area (Å²) in [6.07, 6.45) is 2.28. The Morgan fingerprint density at radius 1 is 1.50 bits per heavy atom. The molecule has 1 aliphatic heterocycles. The van der Waals surface area contributed by atoms with Crippen molar-refractivity contribution in [1.29, 1.82) is 0 Å². The number of thiocarbonyl (C=S) groups is 1. The van der Waals surface area contributed by atoms with Gasteiger partial charge in [-0.2, -0.15) is 0 Å². The van der Waals surface area contributed by atoms with Crippen molar-refractivity contribution in [2.24, 2.45) is 0 Å². The van der Waals surface area contributed by atoms with E-state index in [0.29, 0.717) is 23.5 Å². The predicted molar refractivity (Wildman–Crippen MR) is 41.7 cm³/mol. The zero-order valence-corrected chi connectivity index (χ0v) is 6.37. The molecule has 1 fully saturated rings. The maximum absolute atomic E-state index is 10.8. The zero-order valence-electron chi connectivity index (χ0n) is 5.55. The van der Waals surface area contributed by atoms with Crippen LogP contribution >= 0.6 is 12.2 Å². The van der Waals surface area contributed by atoms with E-state index >= 15 is 0 Å². The molecule has 1 saturated heterocycles. The number of rotatable bonds is 0. The van der Waals surface area contributed by atoms with Crippen LogP contribution in [0.3, 0.4) is 0 Å². The highest BCUT2D eigenvalue weighted by Gasteiger charge is 2.15. The molecule has 1 aliphatic rings. The predicted octanol–water partition coefficient (Wildman–Crippen LogP) is 1.60.